The van der Waals surface area contributed by atoms with E-state index in [1.807, 2.05) is 6.92 Å². The number of rotatable bonds is 5. The summed E-state index contributed by atoms with van der Waals surface area (Å²) in [7, 11) is 1.59. The minimum Gasteiger partial charge on any atom is -0.492 e. The van der Waals surface area contributed by atoms with Crippen LogP contribution in [0.4, 0.5) is 0 Å². The van der Waals surface area contributed by atoms with E-state index in [4.69, 9.17) is 9.47 Å². The molecule has 0 aromatic heterocycles. The fraction of sp³-hybridized carbons (Fsp3) is 0.588. The summed E-state index contributed by atoms with van der Waals surface area (Å²) in [6, 6.07) is 3.82. The smallest absolute Gasteiger partial charge is 0.251 e. The molecule has 0 spiro atoms. The highest BCUT2D eigenvalue weighted by Gasteiger charge is 2.19. The molecule has 4 nitrogen and oxygen atoms in total. The standard InChI is InChI=1S/C17H24BrNO3/c1-3-22-15-11-12(10-14(18)16(15)21-2)17(20)19-13-8-6-4-5-7-9-13/h10-11,13H,3-9H2,1-2H3,(H,19,20). The number of ether oxygens (including phenoxy) is 2. The van der Waals surface area contributed by atoms with Crippen LogP contribution in [-0.4, -0.2) is 25.7 Å². The zero-order chi connectivity index (χ0) is 15.9. The van der Waals surface area contributed by atoms with Gasteiger partial charge in [0.2, 0.25) is 0 Å². The van der Waals surface area contributed by atoms with Gasteiger partial charge in [-0.05, 0) is 47.8 Å². The number of amides is 1. The molecule has 1 amide bonds. The van der Waals surface area contributed by atoms with E-state index in [-0.39, 0.29) is 11.9 Å². The molecule has 22 heavy (non-hydrogen) atoms. The average Bonchev–Trinajstić information content (AvgIpc) is 2.76. The second kappa shape index (κ2) is 8.42. The van der Waals surface area contributed by atoms with Crippen LogP contribution < -0.4 is 14.8 Å². The van der Waals surface area contributed by atoms with E-state index in [1.54, 1.807) is 19.2 Å². The maximum atomic E-state index is 12.5. The molecule has 1 aliphatic carbocycles. The lowest BCUT2D eigenvalue weighted by Gasteiger charge is -2.18. The minimum atomic E-state index is -0.0452. The van der Waals surface area contributed by atoms with Gasteiger partial charge >= 0.3 is 0 Å². The highest BCUT2D eigenvalue weighted by atomic mass is 79.9. The van der Waals surface area contributed by atoms with Gasteiger partial charge in [-0.1, -0.05) is 25.7 Å². The maximum Gasteiger partial charge on any atom is 0.251 e. The van der Waals surface area contributed by atoms with Crippen molar-refractivity contribution < 1.29 is 14.3 Å². The number of carbonyl (C=O) groups is 1. The predicted molar refractivity (Wildman–Crippen MR) is 90.8 cm³/mol. The van der Waals surface area contributed by atoms with Crippen molar-refractivity contribution >= 4 is 21.8 Å². The van der Waals surface area contributed by atoms with Gasteiger partial charge in [-0.15, -0.1) is 0 Å². The molecule has 0 saturated heterocycles. The third-order valence-electron chi connectivity index (χ3n) is 3.97. The Hall–Kier alpha value is -1.23. The molecule has 1 aromatic rings. The topological polar surface area (TPSA) is 47.6 Å². The molecule has 1 aliphatic rings. The van der Waals surface area contributed by atoms with E-state index < -0.39 is 0 Å². The second-order valence-corrected chi connectivity index (χ2v) is 6.44. The quantitative estimate of drug-likeness (QED) is 0.786. The first kappa shape index (κ1) is 17.1. The predicted octanol–water partition coefficient (Wildman–Crippen LogP) is 4.31. The molecule has 1 saturated carbocycles. The van der Waals surface area contributed by atoms with Gasteiger partial charge in [-0.2, -0.15) is 0 Å². The number of carbonyl (C=O) groups excluding carboxylic acids is 1. The van der Waals surface area contributed by atoms with Gasteiger partial charge in [-0.25, -0.2) is 0 Å². The Morgan fingerprint density at radius 2 is 1.95 bits per heavy atom. The monoisotopic (exact) mass is 369 g/mol. The van der Waals surface area contributed by atoms with E-state index in [1.165, 1.54) is 25.7 Å². The van der Waals surface area contributed by atoms with Crippen molar-refractivity contribution in [3.63, 3.8) is 0 Å². The molecule has 0 radical (unpaired) electrons. The van der Waals surface area contributed by atoms with E-state index in [0.717, 1.165) is 17.3 Å². The summed E-state index contributed by atoms with van der Waals surface area (Å²) in [4.78, 5) is 12.5. The van der Waals surface area contributed by atoms with Crippen LogP contribution in [0.2, 0.25) is 0 Å². The van der Waals surface area contributed by atoms with Crippen LogP contribution >= 0.6 is 15.9 Å². The van der Waals surface area contributed by atoms with Crippen molar-refractivity contribution in [2.75, 3.05) is 13.7 Å². The summed E-state index contributed by atoms with van der Waals surface area (Å²) in [6.07, 6.45) is 7.08. The number of hydrogen-bond acceptors (Lipinski definition) is 3. The molecule has 1 aromatic carbocycles. The van der Waals surface area contributed by atoms with Gasteiger partial charge in [0.25, 0.3) is 5.91 Å². The molecule has 0 heterocycles. The molecular formula is C17H24BrNO3. The van der Waals surface area contributed by atoms with E-state index in [9.17, 15) is 4.79 Å². The van der Waals surface area contributed by atoms with Crippen LogP contribution in [-0.2, 0) is 0 Å². The lowest BCUT2D eigenvalue weighted by molar-refractivity contribution is 0.0932. The highest BCUT2D eigenvalue weighted by Crippen LogP contribution is 2.36. The molecular weight excluding hydrogens is 346 g/mol. The van der Waals surface area contributed by atoms with Gasteiger partial charge < -0.3 is 14.8 Å². The molecule has 5 heteroatoms. The summed E-state index contributed by atoms with van der Waals surface area (Å²) in [5, 5.41) is 3.15. The lowest BCUT2D eigenvalue weighted by Crippen LogP contribution is -2.34. The number of hydrogen-bond donors (Lipinski definition) is 1. The van der Waals surface area contributed by atoms with Crippen LogP contribution in [0.25, 0.3) is 0 Å². The Labute approximate surface area is 140 Å². The van der Waals surface area contributed by atoms with Gasteiger partial charge in [-0.3, -0.25) is 4.79 Å². The van der Waals surface area contributed by atoms with Crippen LogP contribution in [0.1, 0.15) is 55.8 Å². The maximum absolute atomic E-state index is 12.5. The van der Waals surface area contributed by atoms with Crippen LogP contribution in [0.15, 0.2) is 16.6 Å². The van der Waals surface area contributed by atoms with Crippen LogP contribution in [0, 0.1) is 0 Å². The molecule has 0 bridgehead atoms. The number of benzene rings is 1. The fourth-order valence-corrected chi connectivity index (χ4v) is 3.46. The summed E-state index contributed by atoms with van der Waals surface area (Å²) in [5.41, 5.74) is 0.598. The van der Waals surface area contributed by atoms with Crippen molar-refractivity contribution in [3.05, 3.63) is 22.2 Å². The highest BCUT2D eigenvalue weighted by molar-refractivity contribution is 9.10. The van der Waals surface area contributed by atoms with Gasteiger partial charge in [0, 0.05) is 11.6 Å². The Kier molecular flexibility index (Phi) is 6.55. The lowest BCUT2D eigenvalue weighted by atomic mass is 10.1. The van der Waals surface area contributed by atoms with Crippen molar-refractivity contribution in [2.24, 2.45) is 0 Å². The molecule has 0 aliphatic heterocycles. The first-order chi connectivity index (χ1) is 10.7. The Morgan fingerprint density at radius 3 is 2.55 bits per heavy atom. The fourth-order valence-electron chi connectivity index (χ4n) is 2.85. The zero-order valence-corrected chi connectivity index (χ0v) is 14.9. The minimum absolute atomic E-state index is 0.0452. The Bertz CT molecular complexity index is 511. The van der Waals surface area contributed by atoms with Crippen molar-refractivity contribution in [2.45, 2.75) is 51.5 Å². The zero-order valence-electron chi connectivity index (χ0n) is 13.3. The molecule has 1 N–H and O–H groups in total. The Balaban J connectivity index is 2.14. The van der Waals surface area contributed by atoms with E-state index in [2.05, 4.69) is 21.2 Å². The van der Waals surface area contributed by atoms with Crippen LogP contribution in [0.5, 0.6) is 11.5 Å². The van der Waals surface area contributed by atoms with Gasteiger partial charge in [0.1, 0.15) is 0 Å². The van der Waals surface area contributed by atoms with Crippen molar-refractivity contribution in [1.82, 2.24) is 5.32 Å². The number of methoxy groups -OCH3 is 1. The van der Waals surface area contributed by atoms with E-state index in [0.29, 0.717) is 23.7 Å². The van der Waals surface area contributed by atoms with E-state index >= 15 is 0 Å². The van der Waals surface area contributed by atoms with Crippen LogP contribution in [0.3, 0.4) is 0 Å². The van der Waals surface area contributed by atoms with Gasteiger partial charge in [0.15, 0.2) is 11.5 Å². The normalized spacial score (nSPS) is 16.0. The summed E-state index contributed by atoms with van der Waals surface area (Å²) < 4.78 is 11.6. The van der Waals surface area contributed by atoms with Crippen molar-refractivity contribution in [3.8, 4) is 11.5 Å². The molecule has 122 valence electrons. The molecule has 0 atom stereocenters. The van der Waals surface area contributed by atoms with Gasteiger partial charge in [0.05, 0.1) is 18.2 Å². The number of nitrogens with one attached hydrogen (secondary N) is 1. The molecule has 2 rings (SSSR count). The third kappa shape index (κ3) is 4.38. The molecule has 1 fully saturated rings. The first-order valence-electron chi connectivity index (χ1n) is 7.97. The summed E-state index contributed by atoms with van der Waals surface area (Å²) in [6.45, 7) is 2.43. The third-order valence-corrected chi connectivity index (χ3v) is 4.56. The number of halogens is 1. The first-order valence-corrected chi connectivity index (χ1v) is 8.76. The SMILES string of the molecule is CCOc1cc(C(=O)NC2CCCCCC2)cc(Br)c1OC. The summed E-state index contributed by atoms with van der Waals surface area (Å²) in [5.74, 6) is 1.16. The molecule has 0 unspecified atom stereocenters. The largest absolute Gasteiger partial charge is 0.492 e. The van der Waals surface area contributed by atoms with Crippen molar-refractivity contribution in [1.29, 1.82) is 0 Å². The Morgan fingerprint density at radius 1 is 1.27 bits per heavy atom. The summed E-state index contributed by atoms with van der Waals surface area (Å²) >= 11 is 3.45. The second-order valence-electron chi connectivity index (χ2n) is 5.58. The average molecular weight is 370 g/mol.